The third-order valence-corrected chi connectivity index (χ3v) is 4.63. The van der Waals surface area contributed by atoms with Crippen molar-refractivity contribution in [2.24, 2.45) is 5.10 Å². The molecule has 24 heavy (non-hydrogen) atoms. The lowest BCUT2D eigenvalue weighted by Gasteiger charge is -2.39. The number of nitrogens with one attached hydrogen (secondary N) is 1. The van der Waals surface area contributed by atoms with E-state index in [0.29, 0.717) is 12.8 Å². The third kappa shape index (κ3) is 3.72. The van der Waals surface area contributed by atoms with Crippen molar-refractivity contribution < 1.29 is 19.1 Å². The monoisotopic (exact) mass is 334 g/mol. The van der Waals surface area contributed by atoms with Crippen LogP contribution in [0.1, 0.15) is 51.9 Å². The molecule has 1 N–H and O–H groups in total. The van der Waals surface area contributed by atoms with Crippen molar-refractivity contribution in [3.63, 3.8) is 0 Å². The van der Waals surface area contributed by atoms with Crippen LogP contribution in [0.25, 0.3) is 0 Å². The first-order chi connectivity index (χ1) is 11.4. The van der Waals surface area contributed by atoms with Crippen LogP contribution in [0.15, 0.2) is 5.10 Å². The van der Waals surface area contributed by atoms with Crippen LogP contribution in [0.2, 0.25) is 0 Å². The molecule has 1 heterocycles. The lowest BCUT2D eigenvalue weighted by molar-refractivity contribution is -0.156. The van der Waals surface area contributed by atoms with E-state index in [1.807, 2.05) is 0 Å². The predicted molar refractivity (Wildman–Crippen MR) is 84.6 cm³/mol. The van der Waals surface area contributed by atoms with Gasteiger partial charge in [0.25, 0.3) is 5.91 Å². The fraction of sp³-hybridized carbons (Fsp3) is 0.688. The highest BCUT2D eigenvalue weighted by atomic mass is 16.5. The summed E-state index contributed by atoms with van der Waals surface area (Å²) in [7, 11) is 1.58. The summed E-state index contributed by atoms with van der Waals surface area (Å²) < 4.78 is 5.17. The van der Waals surface area contributed by atoms with Gasteiger partial charge in [-0.2, -0.15) is 10.4 Å². The van der Waals surface area contributed by atoms with Gasteiger partial charge < -0.3 is 9.64 Å². The molecule has 2 rings (SSSR count). The number of carbonyl (C=O) groups excluding carboxylic acids is 3. The molecule has 0 radical (unpaired) electrons. The Morgan fingerprint density at radius 3 is 2.54 bits per heavy atom. The maximum Gasteiger partial charge on any atom is 0.355 e. The van der Waals surface area contributed by atoms with Crippen molar-refractivity contribution in [3.05, 3.63) is 0 Å². The van der Waals surface area contributed by atoms with Crippen LogP contribution in [0.5, 0.6) is 0 Å². The number of nitriles is 1. The summed E-state index contributed by atoms with van der Waals surface area (Å²) in [6.07, 6.45) is 3.44. The van der Waals surface area contributed by atoms with Crippen LogP contribution in [-0.2, 0) is 19.1 Å². The van der Waals surface area contributed by atoms with E-state index in [0.717, 1.165) is 19.3 Å². The number of nitrogens with zero attached hydrogens (tertiary/aromatic N) is 3. The first-order valence-corrected chi connectivity index (χ1v) is 8.15. The van der Waals surface area contributed by atoms with Crippen LogP contribution >= 0.6 is 0 Å². The molecule has 2 amide bonds. The fourth-order valence-electron chi connectivity index (χ4n) is 3.04. The number of hydrogen-bond donors (Lipinski definition) is 1. The highest BCUT2D eigenvalue weighted by Crippen LogP contribution is 2.32. The van der Waals surface area contributed by atoms with E-state index in [2.05, 4.69) is 16.6 Å². The maximum absolute atomic E-state index is 12.6. The van der Waals surface area contributed by atoms with Crippen LogP contribution in [0.4, 0.5) is 0 Å². The molecule has 0 saturated heterocycles. The Labute approximate surface area is 140 Å². The van der Waals surface area contributed by atoms with Crippen molar-refractivity contribution >= 4 is 23.5 Å². The summed E-state index contributed by atoms with van der Waals surface area (Å²) in [5.41, 5.74) is 1.48. The van der Waals surface area contributed by atoms with Gasteiger partial charge in [0.2, 0.25) is 5.91 Å². The van der Waals surface area contributed by atoms with Gasteiger partial charge in [-0.1, -0.05) is 19.3 Å². The van der Waals surface area contributed by atoms with E-state index >= 15 is 0 Å². The average Bonchev–Trinajstić information content (AvgIpc) is 2.61. The maximum atomic E-state index is 12.6. The summed E-state index contributed by atoms with van der Waals surface area (Å²) in [5.74, 6) is -1.39. The Hall–Kier alpha value is -2.43. The molecule has 0 aromatic carbocycles. The first-order valence-electron chi connectivity index (χ1n) is 8.15. The van der Waals surface area contributed by atoms with Crippen LogP contribution in [0.3, 0.4) is 0 Å². The minimum absolute atomic E-state index is 0.0876. The summed E-state index contributed by atoms with van der Waals surface area (Å²) in [6.45, 7) is 1.48. The molecule has 8 nitrogen and oxygen atoms in total. The molecule has 8 heteroatoms. The minimum atomic E-state index is -1.02. The van der Waals surface area contributed by atoms with E-state index < -0.39 is 23.5 Å². The van der Waals surface area contributed by atoms with Gasteiger partial charge in [0, 0.05) is 19.9 Å². The van der Waals surface area contributed by atoms with Gasteiger partial charge in [0.05, 0.1) is 6.07 Å². The predicted octanol–water partition coefficient (Wildman–Crippen LogP) is 0.869. The van der Waals surface area contributed by atoms with E-state index in [9.17, 15) is 19.6 Å². The number of likely N-dealkylation sites (N-methyl/N-ethyl adjacent to an activating group) is 1. The summed E-state index contributed by atoms with van der Waals surface area (Å²) in [6, 6.07) is 2.27. The van der Waals surface area contributed by atoms with Gasteiger partial charge in [0.1, 0.15) is 11.3 Å². The lowest BCUT2D eigenvalue weighted by atomic mass is 9.81. The zero-order valence-electron chi connectivity index (χ0n) is 14.0. The Bertz CT molecular complexity index is 602. The number of rotatable bonds is 4. The topological polar surface area (TPSA) is 112 Å². The Kier molecular flexibility index (Phi) is 5.54. The second-order valence-corrected chi connectivity index (χ2v) is 6.24. The molecule has 1 fully saturated rings. The number of ether oxygens (including phenoxy) is 1. The van der Waals surface area contributed by atoms with Crippen molar-refractivity contribution in [1.82, 2.24) is 10.3 Å². The van der Waals surface area contributed by atoms with Crippen molar-refractivity contribution in [2.45, 2.75) is 63.5 Å². The van der Waals surface area contributed by atoms with E-state index in [1.165, 1.54) is 11.8 Å². The lowest BCUT2D eigenvalue weighted by Crippen LogP contribution is -2.53. The number of hydrogen-bond acceptors (Lipinski definition) is 6. The van der Waals surface area contributed by atoms with Gasteiger partial charge in [-0.3, -0.25) is 9.59 Å². The SMILES string of the molecule is C[C@H](OC(=O)C1=NNC(=O)CC1)C(=O)N(C)C1(C#N)CCCCC1. The van der Waals surface area contributed by atoms with Gasteiger partial charge in [-0.15, -0.1) is 0 Å². The van der Waals surface area contributed by atoms with Crippen LogP contribution < -0.4 is 5.43 Å². The minimum Gasteiger partial charge on any atom is -0.448 e. The molecule has 1 saturated carbocycles. The van der Waals surface area contributed by atoms with Crippen molar-refractivity contribution in [2.75, 3.05) is 7.05 Å². The molecule has 1 aliphatic heterocycles. The van der Waals surface area contributed by atoms with E-state index in [-0.39, 0.29) is 24.5 Å². The van der Waals surface area contributed by atoms with Crippen LogP contribution in [0, 0.1) is 11.3 Å². The molecule has 0 aromatic rings. The van der Waals surface area contributed by atoms with Gasteiger partial charge in [-0.05, 0) is 19.8 Å². The molecular weight excluding hydrogens is 312 g/mol. The first kappa shape index (κ1) is 17.9. The Morgan fingerprint density at radius 1 is 1.33 bits per heavy atom. The molecule has 0 unspecified atom stereocenters. The molecule has 0 aromatic heterocycles. The van der Waals surface area contributed by atoms with Crippen molar-refractivity contribution in [3.8, 4) is 6.07 Å². The largest absolute Gasteiger partial charge is 0.448 e. The number of esters is 1. The normalized spacial score (nSPS) is 20.9. The third-order valence-electron chi connectivity index (χ3n) is 4.63. The molecule has 130 valence electrons. The molecule has 0 bridgehead atoms. The fourth-order valence-corrected chi connectivity index (χ4v) is 3.04. The number of carbonyl (C=O) groups is 3. The molecule has 1 atom stereocenters. The second-order valence-electron chi connectivity index (χ2n) is 6.24. The van der Waals surface area contributed by atoms with Gasteiger partial charge >= 0.3 is 5.97 Å². The van der Waals surface area contributed by atoms with Gasteiger partial charge in [-0.25, -0.2) is 10.2 Å². The quantitative estimate of drug-likeness (QED) is 0.767. The highest BCUT2D eigenvalue weighted by Gasteiger charge is 2.41. The molecule has 0 spiro atoms. The van der Waals surface area contributed by atoms with E-state index in [4.69, 9.17) is 4.74 Å². The van der Waals surface area contributed by atoms with Crippen molar-refractivity contribution in [1.29, 1.82) is 5.26 Å². The zero-order chi connectivity index (χ0) is 17.7. The Balaban J connectivity index is 1.99. The van der Waals surface area contributed by atoms with Gasteiger partial charge in [0.15, 0.2) is 6.10 Å². The smallest absolute Gasteiger partial charge is 0.355 e. The molecular formula is C16H22N4O4. The molecule has 2 aliphatic rings. The second kappa shape index (κ2) is 7.43. The summed E-state index contributed by atoms with van der Waals surface area (Å²) in [4.78, 5) is 37.0. The highest BCUT2D eigenvalue weighted by molar-refractivity contribution is 6.37. The average molecular weight is 334 g/mol. The summed E-state index contributed by atoms with van der Waals surface area (Å²) >= 11 is 0. The number of hydrazone groups is 1. The summed E-state index contributed by atoms with van der Waals surface area (Å²) in [5, 5.41) is 13.2. The standard InChI is InChI=1S/C16H22N4O4/c1-11(24-15(23)12-6-7-13(21)19-18-12)14(22)20(2)16(10-17)8-4-3-5-9-16/h11H,3-9H2,1-2H3,(H,19,21)/t11-/m0/s1. The number of amides is 2. The Morgan fingerprint density at radius 2 is 2.00 bits per heavy atom. The van der Waals surface area contributed by atoms with Crippen LogP contribution in [-0.4, -0.2) is 47.1 Å². The zero-order valence-corrected chi connectivity index (χ0v) is 14.0. The van der Waals surface area contributed by atoms with E-state index in [1.54, 1.807) is 7.05 Å². The molecule has 1 aliphatic carbocycles.